The van der Waals surface area contributed by atoms with Crippen molar-refractivity contribution in [1.82, 2.24) is 10.0 Å². The Bertz CT molecular complexity index is 297. The molecule has 2 aliphatic heterocycles. The maximum atomic E-state index is 13.5. The summed E-state index contributed by atoms with van der Waals surface area (Å²) in [5, 5.41) is 3.34. The van der Waals surface area contributed by atoms with Crippen LogP contribution in [0.4, 0.5) is 8.78 Å². The van der Waals surface area contributed by atoms with Gasteiger partial charge in [0.25, 0.3) is 6.43 Å². The molecule has 2 bridgehead atoms. The van der Waals surface area contributed by atoms with Gasteiger partial charge in [0.05, 0.1) is 0 Å². The summed E-state index contributed by atoms with van der Waals surface area (Å²) >= 11 is -1.45. The zero-order chi connectivity index (χ0) is 13.6. The van der Waals surface area contributed by atoms with Gasteiger partial charge in [-0.15, -0.1) is 4.72 Å². The molecule has 2 saturated heterocycles. The van der Waals surface area contributed by atoms with Crippen LogP contribution in [0.3, 0.4) is 0 Å². The average Bonchev–Trinajstić information content (AvgIpc) is 2.57. The highest BCUT2D eigenvalue weighted by Crippen LogP contribution is 2.39. The Balaban J connectivity index is 2.13. The summed E-state index contributed by atoms with van der Waals surface area (Å²) in [7, 11) is 0. The SMILES string of the molecule is CC(C)(C)[S+]([O-])NC1(C(F)F)CC2CCC(C1)N2. The molecule has 6 heteroatoms. The van der Waals surface area contributed by atoms with Crippen molar-refractivity contribution in [2.75, 3.05) is 0 Å². The fraction of sp³-hybridized carbons (Fsp3) is 1.00. The fourth-order valence-electron chi connectivity index (χ4n) is 2.83. The molecule has 3 nitrogen and oxygen atoms in total. The van der Waals surface area contributed by atoms with Crippen LogP contribution < -0.4 is 10.0 Å². The van der Waals surface area contributed by atoms with Gasteiger partial charge >= 0.3 is 0 Å². The molecule has 0 radical (unpaired) electrons. The van der Waals surface area contributed by atoms with E-state index >= 15 is 0 Å². The number of fused-ring (bicyclic) bond motifs is 2. The molecular weight excluding hydrogens is 258 g/mol. The van der Waals surface area contributed by atoms with Crippen molar-refractivity contribution in [1.29, 1.82) is 0 Å². The standard InChI is InChI=1S/C12H22F2N2OS/c1-11(2,3)18(17)16-12(10(13)14)6-8-4-5-9(7-12)15-8/h8-10,15-16H,4-7H2,1-3H3. The number of halogens is 2. The molecule has 18 heavy (non-hydrogen) atoms. The first-order valence-corrected chi connectivity index (χ1v) is 7.62. The molecule has 0 amide bonds. The van der Waals surface area contributed by atoms with Crippen LogP contribution in [0.15, 0.2) is 0 Å². The van der Waals surface area contributed by atoms with Crippen LogP contribution in [-0.2, 0) is 11.4 Å². The first kappa shape index (κ1) is 14.5. The predicted octanol–water partition coefficient (Wildman–Crippen LogP) is 1.96. The van der Waals surface area contributed by atoms with Crippen LogP contribution in [0.25, 0.3) is 0 Å². The van der Waals surface area contributed by atoms with E-state index in [4.69, 9.17) is 0 Å². The molecule has 3 unspecified atom stereocenters. The van der Waals surface area contributed by atoms with Crippen molar-refractivity contribution in [3.05, 3.63) is 0 Å². The fourth-order valence-corrected chi connectivity index (χ4v) is 3.76. The molecule has 0 aromatic heterocycles. The van der Waals surface area contributed by atoms with Gasteiger partial charge in [0.1, 0.15) is 10.3 Å². The molecule has 0 aromatic carbocycles. The zero-order valence-electron chi connectivity index (χ0n) is 11.1. The molecule has 2 N–H and O–H groups in total. The lowest BCUT2D eigenvalue weighted by Crippen LogP contribution is -2.63. The van der Waals surface area contributed by atoms with Crippen LogP contribution in [0.2, 0.25) is 0 Å². The van der Waals surface area contributed by atoms with Gasteiger partial charge in [0, 0.05) is 23.4 Å². The Kier molecular flexibility index (Phi) is 3.94. The maximum absolute atomic E-state index is 13.5. The van der Waals surface area contributed by atoms with E-state index in [-0.39, 0.29) is 12.1 Å². The first-order chi connectivity index (χ1) is 8.23. The molecule has 0 aromatic rings. The summed E-state index contributed by atoms with van der Waals surface area (Å²) in [6.07, 6.45) is 0.145. The van der Waals surface area contributed by atoms with Crippen LogP contribution >= 0.6 is 0 Å². The van der Waals surface area contributed by atoms with Crippen LogP contribution in [-0.4, -0.2) is 33.3 Å². The molecule has 0 saturated carbocycles. The predicted molar refractivity (Wildman–Crippen MR) is 68.9 cm³/mol. The molecule has 2 aliphatic rings. The third-order valence-electron chi connectivity index (χ3n) is 3.83. The van der Waals surface area contributed by atoms with Gasteiger partial charge in [-0.2, -0.15) is 0 Å². The number of piperidine rings is 1. The monoisotopic (exact) mass is 280 g/mol. The number of alkyl halides is 2. The van der Waals surface area contributed by atoms with E-state index in [2.05, 4.69) is 10.0 Å². The Hall–Kier alpha value is 0.0900. The van der Waals surface area contributed by atoms with Crippen molar-refractivity contribution in [2.45, 2.75) is 75.2 Å². The van der Waals surface area contributed by atoms with Crippen molar-refractivity contribution >= 4 is 11.4 Å². The molecule has 0 spiro atoms. The molecule has 106 valence electrons. The minimum Gasteiger partial charge on any atom is -0.598 e. The smallest absolute Gasteiger partial charge is 0.260 e. The van der Waals surface area contributed by atoms with E-state index in [0.717, 1.165) is 12.8 Å². The molecule has 0 aliphatic carbocycles. The summed E-state index contributed by atoms with van der Waals surface area (Å²) in [4.78, 5) is 0. The second-order valence-electron chi connectivity index (χ2n) is 6.49. The quantitative estimate of drug-likeness (QED) is 0.777. The normalized spacial score (nSPS) is 38.2. The Morgan fingerprint density at radius 3 is 2.17 bits per heavy atom. The van der Waals surface area contributed by atoms with Crippen molar-refractivity contribution in [3.8, 4) is 0 Å². The van der Waals surface area contributed by atoms with Crippen molar-refractivity contribution in [2.24, 2.45) is 0 Å². The highest BCUT2D eigenvalue weighted by Gasteiger charge is 2.53. The summed E-state index contributed by atoms with van der Waals surface area (Å²) < 4.78 is 41.3. The third-order valence-corrected chi connectivity index (χ3v) is 5.53. The second-order valence-corrected chi connectivity index (χ2v) is 8.45. The highest BCUT2D eigenvalue weighted by molar-refractivity contribution is 7.90. The summed E-state index contributed by atoms with van der Waals surface area (Å²) in [6.45, 7) is 5.39. The lowest BCUT2D eigenvalue weighted by atomic mass is 9.85. The van der Waals surface area contributed by atoms with Gasteiger partial charge in [-0.25, -0.2) is 8.78 Å². The Labute approximate surface area is 110 Å². The van der Waals surface area contributed by atoms with E-state index in [0.29, 0.717) is 12.8 Å². The molecular formula is C12H22F2N2OS. The number of nitrogens with one attached hydrogen (secondary N) is 2. The van der Waals surface area contributed by atoms with Gasteiger partial charge in [0.15, 0.2) is 0 Å². The van der Waals surface area contributed by atoms with Gasteiger partial charge in [-0.05, 0) is 46.5 Å². The van der Waals surface area contributed by atoms with E-state index in [1.54, 1.807) is 20.8 Å². The van der Waals surface area contributed by atoms with Gasteiger partial charge < -0.3 is 9.87 Å². The first-order valence-electron chi connectivity index (χ1n) is 6.47. The molecule has 3 atom stereocenters. The van der Waals surface area contributed by atoms with Gasteiger partial charge in [-0.3, -0.25) is 0 Å². The largest absolute Gasteiger partial charge is 0.598 e. The minimum atomic E-state index is -2.48. The van der Waals surface area contributed by atoms with E-state index in [1.165, 1.54) is 0 Å². The van der Waals surface area contributed by atoms with E-state index in [9.17, 15) is 13.3 Å². The van der Waals surface area contributed by atoms with E-state index < -0.39 is 28.1 Å². The van der Waals surface area contributed by atoms with Gasteiger partial charge in [0.2, 0.25) is 0 Å². The number of hydrogen-bond acceptors (Lipinski definition) is 3. The lowest BCUT2D eigenvalue weighted by Gasteiger charge is -2.42. The lowest BCUT2D eigenvalue weighted by molar-refractivity contribution is 0.0131. The van der Waals surface area contributed by atoms with E-state index in [1.807, 2.05) is 0 Å². The molecule has 2 rings (SSSR count). The van der Waals surface area contributed by atoms with Crippen LogP contribution in [0.1, 0.15) is 46.5 Å². The molecule has 2 heterocycles. The van der Waals surface area contributed by atoms with Gasteiger partial charge in [-0.1, -0.05) is 0 Å². The van der Waals surface area contributed by atoms with Crippen LogP contribution in [0, 0.1) is 0 Å². The molecule has 2 fully saturated rings. The highest BCUT2D eigenvalue weighted by atomic mass is 32.2. The zero-order valence-corrected chi connectivity index (χ0v) is 11.9. The third kappa shape index (κ3) is 2.81. The minimum absolute atomic E-state index is 0.141. The summed E-state index contributed by atoms with van der Waals surface area (Å²) in [5.41, 5.74) is -1.28. The topological polar surface area (TPSA) is 47.1 Å². The summed E-state index contributed by atoms with van der Waals surface area (Å²) in [5.74, 6) is 0. The van der Waals surface area contributed by atoms with Crippen molar-refractivity contribution in [3.63, 3.8) is 0 Å². The Morgan fingerprint density at radius 2 is 1.78 bits per heavy atom. The second kappa shape index (κ2) is 4.89. The summed E-state index contributed by atoms with van der Waals surface area (Å²) in [6, 6.07) is 0.282. The number of hydrogen-bond donors (Lipinski definition) is 2. The number of rotatable bonds is 3. The maximum Gasteiger partial charge on any atom is 0.260 e. The Morgan fingerprint density at radius 1 is 1.28 bits per heavy atom. The van der Waals surface area contributed by atoms with Crippen molar-refractivity contribution < 1.29 is 13.3 Å². The average molecular weight is 280 g/mol. The van der Waals surface area contributed by atoms with Crippen LogP contribution in [0.5, 0.6) is 0 Å².